The summed E-state index contributed by atoms with van der Waals surface area (Å²) in [6.45, 7) is 4.74. The van der Waals surface area contributed by atoms with Gasteiger partial charge >= 0.3 is 0 Å². The molecule has 1 aliphatic rings. The molecule has 0 aliphatic carbocycles. The molecule has 0 bridgehead atoms. The third-order valence-corrected chi connectivity index (χ3v) is 5.17. The molecule has 0 unspecified atom stereocenters. The van der Waals surface area contributed by atoms with Crippen LogP contribution in [-0.4, -0.2) is 27.4 Å². The van der Waals surface area contributed by atoms with Gasteiger partial charge in [-0.2, -0.15) is 0 Å². The SMILES string of the molecule is CCN1CCCCc2nc3cc(C#Cc4ccc(F)cc4)ccn3c(=O)c2C1. The highest BCUT2D eigenvalue weighted by molar-refractivity contribution is 5.50. The Morgan fingerprint density at radius 2 is 1.89 bits per heavy atom. The molecule has 0 fully saturated rings. The van der Waals surface area contributed by atoms with Gasteiger partial charge in [-0.05, 0) is 68.8 Å². The average Bonchev–Trinajstić information content (AvgIpc) is 2.69. The smallest absolute Gasteiger partial charge is 0.262 e. The van der Waals surface area contributed by atoms with Crippen molar-refractivity contribution in [2.24, 2.45) is 0 Å². The van der Waals surface area contributed by atoms with E-state index in [1.54, 1.807) is 22.7 Å². The predicted molar refractivity (Wildman–Crippen MR) is 108 cm³/mol. The summed E-state index contributed by atoms with van der Waals surface area (Å²) in [5.41, 5.74) is 3.87. The highest BCUT2D eigenvalue weighted by atomic mass is 19.1. The van der Waals surface area contributed by atoms with Crippen LogP contribution in [0.25, 0.3) is 5.65 Å². The predicted octanol–water partition coefficient (Wildman–Crippen LogP) is 3.39. The van der Waals surface area contributed by atoms with Crippen molar-refractivity contribution in [1.82, 2.24) is 14.3 Å². The summed E-state index contributed by atoms with van der Waals surface area (Å²) in [7, 11) is 0. The van der Waals surface area contributed by atoms with Crippen LogP contribution in [0.4, 0.5) is 4.39 Å². The summed E-state index contributed by atoms with van der Waals surface area (Å²) in [4.78, 5) is 20.1. The zero-order valence-corrected chi connectivity index (χ0v) is 15.9. The Bertz CT molecular complexity index is 1120. The first-order chi connectivity index (χ1) is 13.6. The van der Waals surface area contributed by atoms with Crippen LogP contribution in [0.2, 0.25) is 0 Å². The lowest BCUT2D eigenvalue weighted by atomic mass is 10.1. The summed E-state index contributed by atoms with van der Waals surface area (Å²) < 4.78 is 14.6. The Hall–Kier alpha value is -2.97. The molecule has 2 aromatic heterocycles. The lowest BCUT2D eigenvalue weighted by Crippen LogP contribution is -2.32. The monoisotopic (exact) mass is 375 g/mol. The van der Waals surface area contributed by atoms with Crippen molar-refractivity contribution in [2.75, 3.05) is 13.1 Å². The lowest BCUT2D eigenvalue weighted by Gasteiger charge is -2.24. The number of benzene rings is 1. The Morgan fingerprint density at radius 1 is 1.11 bits per heavy atom. The second-order valence-electron chi connectivity index (χ2n) is 7.07. The fourth-order valence-corrected chi connectivity index (χ4v) is 3.54. The topological polar surface area (TPSA) is 37.6 Å². The number of halogens is 1. The van der Waals surface area contributed by atoms with Crippen molar-refractivity contribution in [3.05, 3.63) is 81.2 Å². The summed E-state index contributed by atoms with van der Waals surface area (Å²) >= 11 is 0. The minimum Gasteiger partial charge on any atom is -0.299 e. The molecule has 0 spiro atoms. The number of hydrogen-bond acceptors (Lipinski definition) is 3. The minimum atomic E-state index is -0.280. The van der Waals surface area contributed by atoms with Crippen molar-refractivity contribution < 1.29 is 4.39 Å². The van der Waals surface area contributed by atoms with Crippen LogP contribution in [0.1, 0.15) is 42.1 Å². The van der Waals surface area contributed by atoms with Crippen LogP contribution in [-0.2, 0) is 13.0 Å². The Kier molecular flexibility index (Phi) is 5.23. The third-order valence-electron chi connectivity index (χ3n) is 5.17. The molecule has 4 rings (SSSR count). The molecule has 0 atom stereocenters. The minimum absolute atomic E-state index is 0.0124. The number of rotatable bonds is 1. The van der Waals surface area contributed by atoms with Crippen LogP contribution in [0.3, 0.4) is 0 Å². The van der Waals surface area contributed by atoms with Gasteiger partial charge in [0.2, 0.25) is 0 Å². The van der Waals surface area contributed by atoms with E-state index in [9.17, 15) is 9.18 Å². The molecular formula is C23H22FN3O. The highest BCUT2D eigenvalue weighted by Crippen LogP contribution is 2.15. The van der Waals surface area contributed by atoms with Crippen LogP contribution in [0.5, 0.6) is 0 Å². The fraction of sp³-hybridized carbons (Fsp3) is 0.304. The second kappa shape index (κ2) is 7.95. The van der Waals surface area contributed by atoms with Crippen LogP contribution >= 0.6 is 0 Å². The number of fused-ring (bicyclic) bond motifs is 2. The molecule has 0 saturated heterocycles. The normalized spacial score (nSPS) is 14.6. The van der Waals surface area contributed by atoms with E-state index in [0.29, 0.717) is 12.2 Å². The Morgan fingerprint density at radius 3 is 2.68 bits per heavy atom. The molecule has 1 aliphatic heterocycles. The van der Waals surface area contributed by atoms with E-state index in [2.05, 4.69) is 23.7 Å². The van der Waals surface area contributed by atoms with Gasteiger partial charge in [-0.1, -0.05) is 18.8 Å². The summed E-state index contributed by atoms with van der Waals surface area (Å²) in [5.74, 6) is 5.82. The van der Waals surface area contributed by atoms with Gasteiger partial charge in [0.05, 0.1) is 11.3 Å². The van der Waals surface area contributed by atoms with Gasteiger partial charge in [-0.3, -0.25) is 14.1 Å². The number of aryl methyl sites for hydroxylation is 1. The molecule has 0 N–H and O–H groups in total. The Balaban J connectivity index is 1.73. The first-order valence-electron chi connectivity index (χ1n) is 9.68. The third kappa shape index (κ3) is 3.83. The van der Waals surface area contributed by atoms with E-state index < -0.39 is 0 Å². The number of hydrogen-bond donors (Lipinski definition) is 0. The van der Waals surface area contributed by atoms with E-state index in [0.717, 1.165) is 54.7 Å². The van der Waals surface area contributed by atoms with Crippen molar-refractivity contribution in [1.29, 1.82) is 0 Å². The molecule has 28 heavy (non-hydrogen) atoms. The van der Waals surface area contributed by atoms with Crippen LogP contribution in [0.15, 0.2) is 47.4 Å². The van der Waals surface area contributed by atoms with Gasteiger partial charge in [0.15, 0.2) is 0 Å². The number of aromatic nitrogens is 2. The maximum atomic E-state index is 13.0. The first kappa shape index (κ1) is 18.4. The molecule has 5 heteroatoms. The summed E-state index contributed by atoms with van der Waals surface area (Å²) in [6.07, 6.45) is 4.74. The first-order valence-corrected chi connectivity index (χ1v) is 9.68. The molecule has 0 saturated carbocycles. The fourth-order valence-electron chi connectivity index (χ4n) is 3.54. The van der Waals surface area contributed by atoms with Crippen molar-refractivity contribution in [3.8, 4) is 11.8 Å². The molecule has 0 radical (unpaired) electrons. The molecule has 3 aromatic rings. The zero-order chi connectivity index (χ0) is 19.5. The van der Waals surface area contributed by atoms with E-state index in [1.165, 1.54) is 12.1 Å². The number of nitrogens with zero attached hydrogens (tertiary/aromatic N) is 3. The maximum Gasteiger partial charge on any atom is 0.262 e. The van der Waals surface area contributed by atoms with Gasteiger partial charge in [-0.15, -0.1) is 0 Å². The van der Waals surface area contributed by atoms with Crippen LogP contribution < -0.4 is 5.56 Å². The van der Waals surface area contributed by atoms with Gasteiger partial charge < -0.3 is 0 Å². The van der Waals surface area contributed by atoms with Gasteiger partial charge in [0.25, 0.3) is 5.56 Å². The lowest BCUT2D eigenvalue weighted by molar-refractivity contribution is 0.265. The number of pyridine rings is 1. The van der Waals surface area contributed by atoms with E-state index in [-0.39, 0.29) is 11.4 Å². The molecule has 3 heterocycles. The molecule has 1 aromatic carbocycles. The van der Waals surface area contributed by atoms with Gasteiger partial charge in [0, 0.05) is 23.9 Å². The Labute approximate surface area is 163 Å². The molecule has 0 amide bonds. The molecule has 4 nitrogen and oxygen atoms in total. The summed E-state index contributed by atoms with van der Waals surface area (Å²) in [6, 6.07) is 9.74. The molecular weight excluding hydrogens is 353 g/mol. The van der Waals surface area contributed by atoms with E-state index in [4.69, 9.17) is 4.98 Å². The maximum absolute atomic E-state index is 13.0. The van der Waals surface area contributed by atoms with E-state index in [1.807, 2.05) is 12.1 Å². The van der Waals surface area contributed by atoms with Crippen molar-refractivity contribution in [3.63, 3.8) is 0 Å². The zero-order valence-electron chi connectivity index (χ0n) is 15.9. The van der Waals surface area contributed by atoms with Crippen LogP contribution in [0, 0.1) is 17.7 Å². The quantitative estimate of drug-likeness (QED) is 0.612. The molecule has 142 valence electrons. The standard InChI is InChI=1S/C23H22FN3O/c1-2-26-13-4-3-5-21-20(16-26)23(28)27-14-12-18(15-22(27)25-21)7-6-17-8-10-19(24)11-9-17/h8-12,14-15H,2-5,13,16H2,1H3. The second-order valence-corrected chi connectivity index (χ2v) is 7.07. The van der Waals surface area contributed by atoms with Gasteiger partial charge in [0.1, 0.15) is 11.5 Å². The van der Waals surface area contributed by atoms with Crippen molar-refractivity contribution >= 4 is 5.65 Å². The highest BCUT2D eigenvalue weighted by Gasteiger charge is 2.18. The largest absolute Gasteiger partial charge is 0.299 e. The average molecular weight is 375 g/mol. The van der Waals surface area contributed by atoms with Gasteiger partial charge in [-0.25, -0.2) is 9.37 Å². The van der Waals surface area contributed by atoms with E-state index >= 15 is 0 Å². The summed E-state index contributed by atoms with van der Waals surface area (Å²) in [5, 5.41) is 0. The van der Waals surface area contributed by atoms with Crippen molar-refractivity contribution in [2.45, 2.75) is 32.7 Å².